The van der Waals surface area contributed by atoms with Gasteiger partial charge >= 0.3 is 0 Å². The van der Waals surface area contributed by atoms with Crippen molar-refractivity contribution in [3.8, 4) is 5.69 Å². The summed E-state index contributed by atoms with van der Waals surface area (Å²) in [6.45, 7) is 1.94. The molecule has 7 heteroatoms. The minimum atomic E-state index is -0.270. The number of aromatic nitrogens is 4. The molecule has 0 aliphatic heterocycles. The highest BCUT2D eigenvalue weighted by atomic mass is 16.1. The van der Waals surface area contributed by atoms with Gasteiger partial charge in [0, 0.05) is 6.42 Å². The Bertz CT molecular complexity index is 867. The average molecular weight is 297 g/mol. The molecule has 3 aromatic rings. The Hall–Kier alpha value is -2.96. The maximum atomic E-state index is 12.1. The summed E-state index contributed by atoms with van der Waals surface area (Å²) in [5.41, 5.74) is 1.02. The van der Waals surface area contributed by atoms with Crippen LogP contribution in [0, 0.1) is 0 Å². The van der Waals surface area contributed by atoms with E-state index in [0.717, 1.165) is 5.69 Å². The van der Waals surface area contributed by atoms with Crippen molar-refractivity contribution in [2.24, 2.45) is 0 Å². The van der Waals surface area contributed by atoms with Gasteiger partial charge in [0.25, 0.3) is 5.56 Å². The number of nitrogens with zero attached hydrogens (tertiary/aromatic N) is 3. The highest BCUT2D eigenvalue weighted by Crippen LogP contribution is 2.13. The molecule has 112 valence electrons. The second kappa shape index (κ2) is 5.80. The number of nitrogens with one attached hydrogen (secondary N) is 2. The molecule has 7 nitrogen and oxygen atoms in total. The van der Waals surface area contributed by atoms with E-state index in [0.29, 0.717) is 23.3 Å². The molecule has 2 N–H and O–H groups in total. The van der Waals surface area contributed by atoms with E-state index in [1.54, 1.807) is 11.6 Å². The van der Waals surface area contributed by atoms with E-state index in [1.807, 2.05) is 30.3 Å². The number of aromatic amines is 1. The van der Waals surface area contributed by atoms with Gasteiger partial charge in [-0.3, -0.25) is 9.59 Å². The van der Waals surface area contributed by atoms with Gasteiger partial charge in [-0.25, -0.2) is 9.67 Å². The van der Waals surface area contributed by atoms with E-state index in [1.165, 1.54) is 6.20 Å². The van der Waals surface area contributed by atoms with Crippen LogP contribution in [0.4, 0.5) is 0 Å². The van der Waals surface area contributed by atoms with E-state index >= 15 is 0 Å². The number of amides is 1. The Balaban J connectivity index is 2.04. The fourth-order valence-electron chi connectivity index (χ4n) is 2.11. The first-order valence-electron chi connectivity index (χ1n) is 6.98. The Morgan fingerprint density at radius 3 is 2.82 bits per heavy atom. The lowest BCUT2D eigenvalue weighted by Gasteiger charge is -2.05. The third kappa shape index (κ3) is 2.60. The largest absolute Gasteiger partial charge is 0.349 e. The highest BCUT2D eigenvalue weighted by Gasteiger charge is 2.11. The number of hydrogen-bond donors (Lipinski definition) is 2. The maximum absolute atomic E-state index is 12.1. The number of carbonyl (C=O) groups is 1. The van der Waals surface area contributed by atoms with Crippen molar-refractivity contribution >= 4 is 16.9 Å². The molecule has 1 amide bonds. The van der Waals surface area contributed by atoms with E-state index in [9.17, 15) is 9.59 Å². The van der Waals surface area contributed by atoms with Crippen LogP contribution in [0.25, 0.3) is 16.7 Å². The molecule has 0 aliphatic carbocycles. The van der Waals surface area contributed by atoms with Crippen LogP contribution in [0.5, 0.6) is 0 Å². The molecule has 0 saturated carbocycles. The Kier molecular flexibility index (Phi) is 3.69. The van der Waals surface area contributed by atoms with Crippen LogP contribution in [0.1, 0.15) is 19.2 Å². The summed E-state index contributed by atoms with van der Waals surface area (Å²) >= 11 is 0. The van der Waals surface area contributed by atoms with Gasteiger partial charge < -0.3 is 10.3 Å². The molecule has 3 rings (SSSR count). The summed E-state index contributed by atoms with van der Waals surface area (Å²) in [4.78, 5) is 30.5. The molecule has 0 radical (unpaired) electrons. The quantitative estimate of drug-likeness (QED) is 0.755. The number of fused-ring (bicyclic) bond motifs is 1. The van der Waals surface area contributed by atoms with Crippen LogP contribution in [-0.2, 0) is 11.3 Å². The zero-order valence-corrected chi connectivity index (χ0v) is 12.0. The van der Waals surface area contributed by atoms with Gasteiger partial charge in [-0.05, 0) is 12.1 Å². The zero-order valence-electron chi connectivity index (χ0n) is 12.0. The Morgan fingerprint density at radius 1 is 1.32 bits per heavy atom. The number of H-pyrrole nitrogens is 1. The minimum absolute atomic E-state index is 0.0979. The molecule has 0 saturated heterocycles. The SMILES string of the molecule is CCC(=O)NCc1nc2c(cnn2-c2ccccc2)c(=O)[nH]1. The number of para-hydroxylation sites is 1. The van der Waals surface area contributed by atoms with Crippen molar-refractivity contribution in [3.63, 3.8) is 0 Å². The fraction of sp³-hybridized carbons (Fsp3) is 0.200. The zero-order chi connectivity index (χ0) is 15.5. The second-order valence-corrected chi connectivity index (χ2v) is 4.77. The summed E-state index contributed by atoms with van der Waals surface area (Å²) in [7, 11) is 0. The minimum Gasteiger partial charge on any atom is -0.349 e. The summed E-state index contributed by atoms with van der Waals surface area (Å²) in [5.74, 6) is 0.302. The molecule has 1 aromatic carbocycles. The number of hydrogen-bond acceptors (Lipinski definition) is 4. The summed E-state index contributed by atoms with van der Waals surface area (Å²) < 4.78 is 1.61. The molecule has 0 spiro atoms. The normalized spacial score (nSPS) is 10.8. The van der Waals surface area contributed by atoms with Crippen LogP contribution >= 0.6 is 0 Å². The predicted octanol–water partition coefficient (Wildman–Crippen LogP) is 1.13. The van der Waals surface area contributed by atoms with Crippen molar-refractivity contribution in [2.75, 3.05) is 0 Å². The molecular weight excluding hydrogens is 282 g/mol. The molecule has 22 heavy (non-hydrogen) atoms. The maximum Gasteiger partial charge on any atom is 0.262 e. The summed E-state index contributed by atoms with van der Waals surface area (Å²) in [6, 6.07) is 9.44. The molecule has 0 atom stereocenters. The first-order chi connectivity index (χ1) is 10.7. The molecule has 0 fully saturated rings. The summed E-state index contributed by atoms with van der Waals surface area (Å²) in [5, 5.41) is 7.33. The first kappa shape index (κ1) is 14.0. The lowest BCUT2D eigenvalue weighted by molar-refractivity contribution is -0.120. The van der Waals surface area contributed by atoms with E-state index in [2.05, 4.69) is 20.4 Å². The Labute approximate surface area is 126 Å². The molecule has 2 heterocycles. The van der Waals surface area contributed by atoms with Crippen LogP contribution in [0.15, 0.2) is 41.3 Å². The second-order valence-electron chi connectivity index (χ2n) is 4.77. The highest BCUT2D eigenvalue weighted by molar-refractivity contribution is 5.76. The van der Waals surface area contributed by atoms with Crippen molar-refractivity contribution < 1.29 is 4.79 Å². The van der Waals surface area contributed by atoms with Crippen LogP contribution in [0.3, 0.4) is 0 Å². The number of rotatable bonds is 4. The van der Waals surface area contributed by atoms with Gasteiger partial charge in [0.05, 0.1) is 18.4 Å². The van der Waals surface area contributed by atoms with Crippen molar-refractivity contribution in [1.29, 1.82) is 0 Å². The molecule has 2 aromatic heterocycles. The number of carbonyl (C=O) groups excluding carboxylic acids is 1. The monoisotopic (exact) mass is 297 g/mol. The lowest BCUT2D eigenvalue weighted by Crippen LogP contribution is -2.24. The van der Waals surface area contributed by atoms with E-state index in [-0.39, 0.29) is 18.0 Å². The van der Waals surface area contributed by atoms with Gasteiger partial charge in [0.2, 0.25) is 5.91 Å². The molecule has 0 aliphatic rings. The first-order valence-corrected chi connectivity index (χ1v) is 6.98. The lowest BCUT2D eigenvalue weighted by atomic mass is 10.3. The molecule has 0 unspecified atom stereocenters. The predicted molar refractivity (Wildman–Crippen MR) is 81.6 cm³/mol. The van der Waals surface area contributed by atoms with Crippen LogP contribution < -0.4 is 10.9 Å². The Morgan fingerprint density at radius 2 is 2.09 bits per heavy atom. The van der Waals surface area contributed by atoms with Crippen molar-refractivity contribution in [1.82, 2.24) is 25.1 Å². The van der Waals surface area contributed by atoms with Gasteiger partial charge in [-0.1, -0.05) is 25.1 Å². The van der Waals surface area contributed by atoms with Gasteiger partial charge in [-0.15, -0.1) is 0 Å². The van der Waals surface area contributed by atoms with E-state index < -0.39 is 0 Å². The van der Waals surface area contributed by atoms with Crippen molar-refractivity contribution in [3.05, 3.63) is 52.7 Å². The van der Waals surface area contributed by atoms with Gasteiger partial charge in [0.1, 0.15) is 11.2 Å². The standard InChI is InChI=1S/C15H15N5O2/c1-2-13(21)16-9-12-18-14-11(15(22)19-12)8-17-20(14)10-6-4-3-5-7-10/h3-8H,2,9H2,1H3,(H,16,21)(H,18,19,22). The summed E-state index contributed by atoms with van der Waals surface area (Å²) in [6.07, 6.45) is 1.87. The topological polar surface area (TPSA) is 92.7 Å². The average Bonchev–Trinajstić information content (AvgIpc) is 2.98. The van der Waals surface area contributed by atoms with Gasteiger partial charge in [-0.2, -0.15) is 5.10 Å². The fourth-order valence-corrected chi connectivity index (χ4v) is 2.11. The molecule has 0 bridgehead atoms. The van der Waals surface area contributed by atoms with Gasteiger partial charge in [0.15, 0.2) is 5.65 Å². The molecular formula is C15H15N5O2. The third-order valence-corrected chi connectivity index (χ3v) is 3.26. The van der Waals surface area contributed by atoms with Crippen molar-refractivity contribution in [2.45, 2.75) is 19.9 Å². The van der Waals surface area contributed by atoms with E-state index in [4.69, 9.17) is 0 Å². The van der Waals surface area contributed by atoms with Crippen LogP contribution in [0.2, 0.25) is 0 Å². The van der Waals surface area contributed by atoms with Crippen LogP contribution in [-0.4, -0.2) is 25.7 Å². The smallest absolute Gasteiger partial charge is 0.262 e. The number of benzene rings is 1. The third-order valence-electron chi connectivity index (χ3n) is 3.26.